The van der Waals surface area contributed by atoms with Gasteiger partial charge in [0.1, 0.15) is 0 Å². The fraction of sp³-hybridized carbons (Fsp3) is 0.600. The van der Waals surface area contributed by atoms with Crippen LogP contribution in [-0.4, -0.2) is 41.6 Å². The summed E-state index contributed by atoms with van der Waals surface area (Å²) in [5, 5.41) is 23.4. The lowest BCUT2D eigenvalue weighted by Gasteiger charge is -2.36. The number of hydrogen-bond donors (Lipinski definition) is 3. The van der Waals surface area contributed by atoms with Crippen molar-refractivity contribution in [3.05, 3.63) is 34.9 Å². The number of aliphatic hydroxyl groups excluding tert-OH is 1. The Balaban J connectivity index is 1.58. The van der Waals surface area contributed by atoms with Crippen LogP contribution in [0.2, 0.25) is 5.02 Å². The molecule has 1 atom stereocenters. The number of rotatable bonds is 8. The monoisotopic (exact) mass is 299 g/mol. The largest absolute Gasteiger partial charge is 0.389 e. The van der Waals surface area contributed by atoms with Crippen LogP contribution in [0.4, 0.5) is 0 Å². The topological polar surface area (TPSA) is 61.7 Å². The Morgan fingerprint density at radius 1 is 1.35 bits per heavy atom. The van der Waals surface area contributed by atoms with E-state index in [4.69, 9.17) is 16.3 Å². The van der Waals surface area contributed by atoms with Crippen LogP contribution < -0.4 is 5.32 Å². The highest BCUT2D eigenvalue weighted by molar-refractivity contribution is 6.31. The van der Waals surface area contributed by atoms with E-state index in [-0.39, 0.29) is 6.61 Å². The van der Waals surface area contributed by atoms with Crippen molar-refractivity contribution < 1.29 is 14.9 Å². The molecule has 2 rings (SSSR count). The Hall–Kier alpha value is -0.650. The summed E-state index contributed by atoms with van der Waals surface area (Å²) in [5.41, 5.74) is 0.358. The van der Waals surface area contributed by atoms with Crippen molar-refractivity contribution in [2.45, 2.75) is 37.6 Å². The van der Waals surface area contributed by atoms with E-state index < -0.39 is 11.7 Å². The van der Waals surface area contributed by atoms with Crippen LogP contribution in [0.3, 0.4) is 0 Å². The molecule has 0 radical (unpaired) electrons. The van der Waals surface area contributed by atoms with Gasteiger partial charge in [-0.25, -0.2) is 0 Å². The highest BCUT2D eigenvalue weighted by atomic mass is 35.5. The van der Waals surface area contributed by atoms with E-state index in [1.807, 2.05) is 24.3 Å². The van der Waals surface area contributed by atoms with Gasteiger partial charge in [0.25, 0.3) is 0 Å². The van der Waals surface area contributed by atoms with E-state index in [0.29, 0.717) is 24.7 Å². The SMILES string of the molecule is OC(CNCC1(O)CCC1)COCc1ccccc1Cl. The second kappa shape index (κ2) is 7.38. The number of benzene rings is 1. The maximum absolute atomic E-state index is 9.89. The Morgan fingerprint density at radius 3 is 2.75 bits per heavy atom. The van der Waals surface area contributed by atoms with E-state index in [1.54, 1.807) is 0 Å². The molecule has 0 spiro atoms. The first-order chi connectivity index (χ1) is 9.59. The minimum atomic E-state index is -0.582. The molecule has 1 aromatic rings. The molecule has 0 heterocycles. The van der Waals surface area contributed by atoms with Gasteiger partial charge in [-0.2, -0.15) is 0 Å². The van der Waals surface area contributed by atoms with Crippen molar-refractivity contribution in [2.24, 2.45) is 0 Å². The minimum Gasteiger partial charge on any atom is -0.389 e. The first-order valence-electron chi connectivity index (χ1n) is 7.01. The summed E-state index contributed by atoms with van der Waals surface area (Å²) in [6.45, 7) is 1.59. The molecule has 0 aliphatic heterocycles. The van der Waals surface area contributed by atoms with Gasteiger partial charge in [0.2, 0.25) is 0 Å². The first-order valence-corrected chi connectivity index (χ1v) is 7.39. The summed E-state index contributed by atoms with van der Waals surface area (Å²) < 4.78 is 5.45. The molecule has 1 aliphatic rings. The molecule has 3 N–H and O–H groups in total. The molecule has 0 saturated heterocycles. The number of aliphatic hydroxyl groups is 2. The van der Waals surface area contributed by atoms with Crippen LogP contribution in [0.1, 0.15) is 24.8 Å². The molecule has 1 fully saturated rings. The van der Waals surface area contributed by atoms with Gasteiger partial charge in [0, 0.05) is 18.1 Å². The second-order valence-electron chi connectivity index (χ2n) is 5.47. The molecular formula is C15H22ClNO3. The molecule has 0 aromatic heterocycles. The molecular weight excluding hydrogens is 278 g/mol. The van der Waals surface area contributed by atoms with Gasteiger partial charge in [0.15, 0.2) is 0 Å². The third kappa shape index (κ3) is 4.72. The van der Waals surface area contributed by atoms with Gasteiger partial charge in [-0.3, -0.25) is 0 Å². The van der Waals surface area contributed by atoms with Gasteiger partial charge in [0.05, 0.1) is 24.9 Å². The highest BCUT2D eigenvalue weighted by Gasteiger charge is 2.33. The maximum Gasteiger partial charge on any atom is 0.0897 e. The van der Waals surface area contributed by atoms with E-state index in [0.717, 1.165) is 24.8 Å². The quantitative estimate of drug-likeness (QED) is 0.684. The molecule has 20 heavy (non-hydrogen) atoms. The molecule has 0 bridgehead atoms. The third-order valence-electron chi connectivity index (χ3n) is 3.64. The summed E-state index contributed by atoms with van der Waals surface area (Å²) in [7, 11) is 0. The van der Waals surface area contributed by atoms with Crippen LogP contribution in [0, 0.1) is 0 Å². The summed E-state index contributed by atoms with van der Waals surface area (Å²) in [6, 6.07) is 7.49. The van der Waals surface area contributed by atoms with Crippen LogP contribution in [0.5, 0.6) is 0 Å². The lowest BCUT2D eigenvalue weighted by atomic mass is 9.80. The smallest absolute Gasteiger partial charge is 0.0897 e. The highest BCUT2D eigenvalue weighted by Crippen LogP contribution is 2.30. The zero-order chi connectivity index (χ0) is 14.4. The van der Waals surface area contributed by atoms with Crippen LogP contribution in [0.15, 0.2) is 24.3 Å². The van der Waals surface area contributed by atoms with Crippen molar-refractivity contribution in [1.29, 1.82) is 0 Å². The van der Waals surface area contributed by atoms with Gasteiger partial charge < -0.3 is 20.3 Å². The lowest BCUT2D eigenvalue weighted by molar-refractivity contribution is -0.0352. The van der Waals surface area contributed by atoms with Crippen LogP contribution in [0.25, 0.3) is 0 Å². The van der Waals surface area contributed by atoms with Crippen LogP contribution in [-0.2, 0) is 11.3 Å². The molecule has 1 aliphatic carbocycles. The van der Waals surface area contributed by atoms with Gasteiger partial charge in [-0.05, 0) is 30.9 Å². The van der Waals surface area contributed by atoms with Gasteiger partial charge in [-0.15, -0.1) is 0 Å². The first kappa shape index (κ1) is 15.7. The van der Waals surface area contributed by atoms with Crippen molar-refractivity contribution >= 4 is 11.6 Å². The Labute approximate surface area is 124 Å². The Morgan fingerprint density at radius 2 is 2.10 bits per heavy atom. The van der Waals surface area contributed by atoms with Gasteiger partial charge in [-0.1, -0.05) is 29.8 Å². The average molecular weight is 300 g/mol. The normalized spacial score (nSPS) is 18.6. The zero-order valence-corrected chi connectivity index (χ0v) is 12.3. The summed E-state index contributed by atoms with van der Waals surface area (Å²) in [5.74, 6) is 0. The van der Waals surface area contributed by atoms with Crippen molar-refractivity contribution in [3.63, 3.8) is 0 Å². The molecule has 5 heteroatoms. The third-order valence-corrected chi connectivity index (χ3v) is 4.01. The maximum atomic E-state index is 9.89. The fourth-order valence-electron chi connectivity index (χ4n) is 2.21. The Kier molecular flexibility index (Phi) is 5.81. The molecule has 112 valence electrons. The molecule has 1 saturated carbocycles. The fourth-order valence-corrected chi connectivity index (χ4v) is 2.40. The van der Waals surface area contributed by atoms with E-state index >= 15 is 0 Å². The summed E-state index contributed by atoms with van der Waals surface area (Å²) in [6.07, 6.45) is 2.20. The summed E-state index contributed by atoms with van der Waals surface area (Å²) >= 11 is 6.01. The van der Waals surface area contributed by atoms with Crippen LogP contribution >= 0.6 is 11.6 Å². The molecule has 1 unspecified atom stereocenters. The number of halogens is 1. The van der Waals surface area contributed by atoms with Crippen molar-refractivity contribution in [3.8, 4) is 0 Å². The molecule has 0 amide bonds. The average Bonchev–Trinajstić information content (AvgIpc) is 2.39. The van der Waals surface area contributed by atoms with E-state index in [2.05, 4.69) is 5.32 Å². The van der Waals surface area contributed by atoms with E-state index in [9.17, 15) is 10.2 Å². The predicted molar refractivity (Wildman–Crippen MR) is 78.8 cm³/mol. The number of hydrogen-bond acceptors (Lipinski definition) is 4. The minimum absolute atomic E-state index is 0.247. The van der Waals surface area contributed by atoms with Crippen molar-refractivity contribution in [2.75, 3.05) is 19.7 Å². The van der Waals surface area contributed by atoms with E-state index in [1.165, 1.54) is 0 Å². The second-order valence-corrected chi connectivity index (χ2v) is 5.88. The molecule has 4 nitrogen and oxygen atoms in total. The molecule has 1 aromatic carbocycles. The van der Waals surface area contributed by atoms with Gasteiger partial charge >= 0.3 is 0 Å². The van der Waals surface area contributed by atoms with Crippen molar-refractivity contribution in [1.82, 2.24) is 5.32 Å². The predicted octanol–water partition coefficient (Wildman–Crippen LogP) is 1.72. The zero-order valence-electron chi connectivity index (χ0n) is 11.5. The lowest BCUT2D eigenvalue weighted by Crippen LogP contribution is -2.48. The number of ether oxygens (including phenoxy) is 1. The number of nitrogens with one attached hydrogen (secondary N) is 1. The summed E-state index contributed by atoms with van der Waals surface area (Å²) in [4.78, 5) is 0. The standard InChI is InChI=1S/C15H22ClNO3/c16-14-5-2-1-4-12(14)9-20-10-13(18)8-17-11-15(19)6-3-7-15/h1-2,4-5,13,17-19H,3,6-11H2. The Bertz CT molecular complexity index is 423.